The van der Waals surface area contributed by atoms with Crippen molar-refractivity contribution >= 4 is 5.91 Å². The largest absolute Gasteiger partial charge is 0.378 e. The van der Waals surface area contributed by atoms with Gasteiger partial charge < -0.3 is 10.0 Å². The molecule has 1 aromatic rings. The maximum absolute atomic E-state index is 12.3. The number of rotatable bonds is 1. The van der Waals surface area contributed by atoms with Crippen LogP contribution < -0.4 is 0 Å². The van der Waals surface area contributed by atoms with Crippen molar-refractivity contribution in [1.29, 1.82) is 0 Å². The van der Waals surface area contributed by atoms with Crippen molar-refractivity contribution in [3.8, 4) is 11.8 Å². The highest BCUT2D eigenvalue weighted by Gasteiger charge is 2.15. The topological polar surface area (TPSA) is 40.5 Å². The molecule has 2 rings (SSSR count). The lowest BCUT2D eigenvalue weighted by molar-refractivity contribution is 0.0771. The predicted octanol–water partition coefficient (Wildman–Crippen LogP) is 2.21. The minimum Gasteiger partial charge on any atom is -0.378 e. The van der Waals surface area contributed by atoms with Crippen LogP contribution in [-0.4, -0.2) is 34.6 Å². The molecule has 3 heteroatoms. The first-order chi connectivity index (χ1) is 9.46. The molecule has 1 aromatic carbocycles. The molecule has 0 unspecified atom stereocenters. The molecule has 0 bridgehead atoms. The van der Waals surface area contributed by atoms with Crippen molar-refractivity contribution in [2.75, 3.05) is 13.1 Å². The molecule has 104 valence electrons. The standard InChI is InChI=1S/C17H19NO2/c1-17(2,20)10-9-14-7-6-8-15(13-14)16(19)18-11-4-3-5-12-18/h3-4,6-8,13,20H,5,11-12H2,1-2H3. The van der Waals surface area contributed by atoms with Gasteiger partial charge in [0.25, 0.3) is 5.91 Å². The average Bonchev–Trinajstić information content (AvgIpc) is 2.45. The van der Waals surface area contributed by atoms with Gasteiger partial charge in [-0.05, 0) is 38.5 Å². The van der Waals surface area contributed by atoms with Crippen LogP contribution in [0.15, 0.2) is 36.4 Å². The van der Waals surface area contributed by atoms with Gasteiger partial charge in [0.05, 0.1) is 0 Å². The molecular weight excluding hydrogens is 250 g/mol. The van der Waals surface area contributed by atoms with Crippen LogP contribution in [0.1, 0.15) is 36.2 Å². The fraction of sp³-hybridized carbons (Fsp3) is 0.353. The maximum Gasteiger partial charge on any atom is 0.254 e. The monoisotopic (exact) mass is 269 g/mol. The van der Waals surface area contributed by atoms with E-state index >= 15 is 0 Å². The number of nitrogens with zero attached hydrogens (tertiary/aromatic N) is 1. The SMILES string of the molecule is CC(C)(O)C#Cc1cccc(C(=O)N2CC=CCC2)c1. The van der Waals surface area contributed by atoms with Gasteiger partial charge in [0.1, 0.15) is 5.60 Å². The fourth-order valence-electron chi connectivity index (χ4n) is 1.96. The van der Waals surface area contributed by atoms with E-state index in [4.69, 9.17) is 0 Å². The molecule has 20 heavy (non-hydrogen) atoms. The first-order valence-electron chi connectivity index (χ1n) is 6.75. The number of benzene rings is 1. The Kier molecular flexibility index (Phi) is 4.26. The van der Waals surface area contributed by atoms with E-state index in [-0.39, 0.29) is 5.91 Å². The van der Waals surface area contributed by atoms with Crippen molar-refractivity contribution in [2.24, 2.45) is 0 Å². The van der Waals surface area contributed by atoms with E-state index in [1.54, 1.807) is 26.0 Å². The second-order valence-electron chi connectivity index (χ2n) is 5.40. The van der Waals surface area contributed by atoms with E-state index in [9.17, 15) is 9.90 Å². The van der Waals surface area contributed by atoms with Gasteiger partial charge in [-0.15, -0.1) is 0 Å². The number of hydrogen-bond acceptors (Lipinski definition) is 2. The van der Waals surface area contributed by atoms with E-state index in [1.807, 2.05) is 23.1 Å². The third kappa shape index (κ3) is 3.97. The highest BCUT2D eigenvalue weighted by molar-refractivity contribution is 5.94. The van der Waals surface area contributed by atoms with Gasteiger partial charge in [-0.25, -0.2) is 0 Å². The van der Waals surface area contributed by atoms with Crippen LogP contribution in [0.2, 0.25) is 0 Å². The molecule has 0 saturated heterocycles. The average molecular weight is 269 g/mol. The molecule has 3 nitrogen and oxygen atoms in total. The summed E-state index contributed by atoms with van der Waals surface area (Å²) in [5, 5.41) is 9.60. The lowest BCUT2D eigenvalue weighted by atomic mass is 10.1. The molecule has 1 aliphatic heterocycles. The van der Waals surface area contributed by atoms with E-state index in [1.165, 1.54) is 0 Å². The molecule has 0 radical (unpaired) electrons. The second-order valence-corrected chi connectivity index (χ2v) is 5.40. The van der Waals surface area contributed by atoms with Crippen LogP contribution >= 0.6 is 0 Å². The molecule has 0 fully saturated rings. The summed E-state index contributed by atoms with van der Waals surface area (Å²) in [6.45, 7) is 4.69. The van der Waals surface area contributed by atoms with Crippen molar-refractivity contribution in [3.05, 3.63) is 47.5 Å². The number of hydrogen-bond donors (Lipinski definition) is 1. The Morgan fingerprint density at radius 3 is 2.80 bits per heavy atom. The Morgan fingerprint density at radius 2 is 2.15 bits per heavy atom. The molecular formula is C17H19NO2. The normalized spacial score (nSPS) is 14.7. The maximum atomic E-state index is 12.3. The van der Waals surface area contributed by atoms with Crippen LogP contribution in [0.3, 0.4) is 0 Å². The molecule has 0 saturated carbocycles. The lowest BCUT2D eigenvalue weighted by Crippen LogP contribution is -2.33. The first-order valence-corrected chi connectivity index (χ1v) is 6.75. The van der Waals surface area contributed by atoms with Crippen molar-refractivity contribution < 1.29 is 9.90 Å². The van der Waals surface area contributed by atoms with Crippen LogP contribution in [-0.2, 0) is 0 Å². The number of carbonyl (C=O) groups is 1. The van der Waals surface area contributed by atoms with E-state index < -0.39 is 5.60 Å². The van der Waals surface area contributed by atoms with Gasteiger partial charge in [-0.1, -0.05) is 30.1 Å². The van der Waals surface area contributed by atoms with E-state index in [0.29, 0.717) is 12.1 Å². The third-order valence-corrected chi connectivity index (χ3v) is 2.97. The quantitative estimate of drug-likeness (QED) is 0.627. The molecule has 1 heterocycles. The van der Waals surface area contributed by atoms with Crippen molar-refractivity contribution in [1.82, 2.24) is 4.90 Å². The number of carbonyl (C=O) groups excluding carboxylic acids is 1. The van der Waals surface area contributed by atoms with Gasteiger partial charge in [-0.3, -0.25) is 4.79 Å². The number of aliphatic hydroxyl groups is 1. The van der Waals surface area contributed by atoms with Gasteiger partial charge >= 0.3 is 0 Å². The highest BCUT2D eigenvalue weighted by Crippen LogP contribution is 2.11. The third-order valence-electron chi connectivity index (χ3n) is 2.97. The van der Waals surface area contributed by atoms with Crippen LogP contribution in [0.25, 0.3) is 0 Å². The molecule has 0 aromatic heterocycles. The molecule has 1 amide bonds. The Labute approximate surface area is 119 Å². The van der Waals surface area contributed by atoms with Crippen LogP contribution in [0.4, 0.5) is 0 Å². The lowest BCUT2D eigenvalue weighted by Gasteiger charge is -2.23. The molecule has 1 aliphatic rings. The summed E-state index contributed by atoms with van der Waals surface area (Å²) in [4.78, 5) is 14.2. The second kappa shape index (κ2) is 5.94. The van der Waals surface area contributed by atoms with Gasteiger partial charge in [0.15, 0.2) is 0 Å². The number of amides is 1. The first kappa shape index (κ1) is 14.4. The summed E-state index contributed by atoms with van der Waals surface area (Å²) in [7, 11) is 0. The minimum atomic E-state index is -1.03. The Hall–Kier alpha value is -2.05. The Balaban J connectivity index is 2.18. The molecule has 1 N–H and O–H groups in total. The summed E-state index contributed by atoms with van der Waals surface area (Å²) in [6.07, 6.45) is 5.01. The smallest absolute Gasteiger partial charge is 0.254 e. The van der Waals surface area contributed by atoms with Gasteiger partial charge in [0, 0.05) is 24.2 Å². The van der Waals surface area contributed by atoms with E-state index in [0.717, 1.165) is 18.5 Å². The summed E-state index contributed by atoms with van der Waals surface area (Å²) in [5.74, 6) is 5.68. The van der Waals surface area contributed by atoms with Crippen LogP contribution in [0, 0.1) is 11.8 Å². The van der Waals surface area contributed by atoms with E-state index in [2.05, 4.69) is 17.9 Å². The zero-order valence-electron chi connectivity index (χ0n) is 11.9. The molecule has 0 aliphatic carbocycles. The summed E-state index contributed by atoms with van der Waals surface area (Å²) < 4.78 is 0. The summed E-state index contributed by atoms with van der Waals surface area (Å²) in [6, 6.07) is 7.24. The van der Waals surface area contributed by atoms with Gasteiger partial charge in [0.2, 0.25) is 0 Å². The Morgan fingerprint density at radius 1 is 1.35 bits per heavy atom. The zero-order valence-corrected chi connectivity index (χ0v) is 11.9. The predicted molar refractivity (Wildman–Crippen MR) is 79.3 cm³/mol. The molecule has 0 spiro atoms. The molecule has 0 atom stereocenters. The Bertz CT molecular complexity index is 585. The zero-order chi connectivity index (χ0) is 14.6. The van der Waals surface area contributed by atoms with Crippen LogP contribution in [0.5, 0.6) is 0 Å². The van der Waals surface area contributed by atoms with Gasteiger partial charge in [-0.2, -0.15) is 0 Å². The highest BCUT2D eigenvalue weighted by atomic mass is 16.3. The van der Waals surface area contributed by atoms with Crippen molar-refractivity contribution in [3.63, 3.8) is 0 Å². The fourth-order valence-corrected chi connectivity index (χ4v) is 1.96. The summed E-state index contributed by atoms with van der Waals surface area (Å²) in [5.41, 5.74) is 0.353. The summed E-state index contributed by atoms with van der Waals surface area (Å²) >= 11 is 0. The minimum absolute atomic E-state index is 0.0289. The van der Waals surface area contributed by atoms with Crippen molar-refractivity contribution in [2.45, 2.75) is 25.9 Å².